The zero-order valence-electron chi connectivity index (χ0n) is 10.3. The second-order valence-corrected chi connectivity index (χ2v) is 4.03. The molecule has 0 bridgehead atoms. The number of ether oxygens (including phenoxy) is 1. The maximum atomic E-state index is 11.3. The minimum Gasteiger partial charge on any atom is -0.466 e. The van der Waals surface area contributed by atoms with E-state index in [2.05, 4.69) is 4.98 Å². The summed E-state index contributed by atoms with van der Waals surface area (Å²) < 4.78 is 4.85. The molecule has 0 unspecified atom stereocenters. The molecule has 0 spiro atoms. The first-order valence-electron chi connectivity index (χ1n) is 6.02. The van der Waals surface area contributed by atoms with Gasteiger partial charge in [0.2, 0.25) is 0 Å². The molecule has 2 rings (SSSR count). The number of rotatable bonds is 5. The highest BCUT2D eigenvalue weighted by atomic mass is 16.5. The van der Waals surface area contributed by atoms with E-state index in [0.29, 0.717) is 18.7 Å². The summed E-state index contributed by atoms with van der Waals surface area (Å²) in [4.78, 5) is 14.4. The Kier molecular flexibility index (Phi) is 3.77. The summed E-state index contributed by atoms with van der Waals surface area (Å²) in [5.74, 6) is -0.248. The zero-order valence-corrected chi connectivity index (χ0v) is 10.3. The molecule has 4 nitrogen and oxygen atoms in total. The van der Waals surface area contributed by atoms with Crippen molar-refractivity contribution in [2.45, 2.75) is 19.8 Å². The van der Waals surface area contributed by atoms with Crippen LogP contribution in [-0.2, 0) is 9.53 Å². The van der Waals surface area contributed by atoms with Gasteiger partial charge in [-0.15, -0.1) is 0 Å². The maximum absolute atomic E-state index is 11.3. The van der Waals surface area contributed by atoms with Crippen molar-refractivity contribution in [2.24, 2.45) is 0 Å². The van der Waals surface area contributed by atoms with Crippen LogP contribution in [0.3, 0.4) is 0 Å². The van der Waals surface area contributed by atoms with Crippen LogP contribution in [0.1, 0.15) is 25.3 Å². The number of H-pyrrole nitrogens is 1. The molecule has 1 heterocycles. The molecule has 0 atom stereocenters. The van der Waals surface area contributed by atoms with Crippen molar-refractivity contribution in [3.8, 4) is 0 Å². The van der Waals surface area contributed by atoms with Gasteiger partial charge in [-0.05, 0) is 13.0 Å². The quantitative estimate of drug-likeness (QED) is 0.627. The van der Waals surface area contributed by atoms with E-state index in [1.807, 2.05) is 30.5 Å². The van der Waals surface area contributed by atoms with E-state index in [4.69, 9.17) is 10.1 Å². The molecule has 0 fully saturated rings. The molecule has 18 heavy (non-hydrogen) atoms. The molecule has 0 aliphatic heterocycles. The molecule has 0 radical (unpaired) electrons. The van der Waals surface area contributed by atoms with Gasteiger partial charge in [0.25, 0.3) is 0 Å². The van der Waals surface area contributed by atoms with Crippen molar-refractivity contribution >= 4 is 22.6 Å². The molecule has 0 aliphatic rings. The number of aromatic amines is 1. The zero-order chi connectivity index (χ0) is 13.0. The standard InChI is InChI=1S/C14H16N2O2/c1-2-18-14(17)8-7-12(15)11-9-16-13-6-4-3-5-10(11)13/h3-6,9,15-16H,2,7-8H2,1H3. The van der Waals surface area contributed by atoms with Gasteiger partial charge < -0.3 is 15.1 Å². The van der Waals surface area contributed by atoms with Gasteiger partial charge in [-0.1, -0.05) is 18.2 Å². The summed E-state index contributed by atoms with van der Waals surface area (Å²) in [7, 11) is 0. The minimum absolute atomic E-state index is 0.248. The highest BCUT2D eigenvalue weighted by Crippen LogP contribution is 2.19. The van der Waals surface area contributed by atoms with Gasteiger partial charge in [0.15, 0.2) is 0 Å². The first-order valence-corrected chi connectivity index (χ1v) is 6.02. The largest absolute Gasteiger partial charge is 0.466 e. The fraction of sp³-hybridized carbons (Fsp3) is 0.286. The third kappa shape index (κ3) is 2.59. The predicted molar refractivity (Wildman–Crippen MR) is 71.0 cm³/mol. The molecule has 2 aromatic rings. The summed E-state index contributed by atoms with van der Waals surface area (Å²) >= 11 is 0. The Morgan fingerprint density at radius 2 is 2.11 bits per heavy atom. The number of esters is 1. The number of nitrogens with one attached hydrogen (secondary N) is 2. The van der Waals surface area contributed by atoms with Crippen LogP contribution in [0.2, 0.25) is 0 Å². The second kappa shape index (κ2) is 5.49. The average molecular weight is 244 g/mol. The number of benzene rings is 1. The number of fused-ring (bicyclic) bond motifs is 1. The molecular weight excluding hydrogens is 228 g/mol. The van der Waals surface area contributed by atoms with Gasteiger partial charge in [0.05, 0.1) is 13.0 Å². The lowest BCUT2D eigenvalue weighted by molar-refractivity contribution is -0.142. The molecule has 0 amide bonds. The maximum Gasteiger partial charge on any atom is 0.306 e. The summed E-state index contributed by atoms with van der Waals surface area (Å²) in [5, 5.41) is 9.05. The monoisotopic (exact) mass is 244 g/mol. The summed E-state index contributed by atoms with van der Waals surface area (Å²) in [6, 6.07) is 7.83. The van der Waals surface area contributed by atoms with Gasteiger partial charge in [-0.25, -0.2) is 0 Å². The molecule has 1 aromatic carbocycles. The van der Waals surface area contributed by atoms with Gasteiger partial charge in [-0.2, -0.15) is 0 Å². The van der Waals surface area contributed by atoms with Crippen LogP contribution < -0.4 is 0 Å². The molecule has 0 saturated heterocycles. The van der Waals surface area contributed by atoms with Gasteiger partial charge >= 0.3 is 5.97 Å². The highest BCUT2D eigenvalue weighted by molar-refractivity contribution is 6.09. The Balaban J connectivity index is 2.07. The van der Waals surface area contributed by atoms with E-state index in [1.54, 1.807) is 6.92 Å². The van der Waals surface area contributed by atoms with E-state index in [9.17, 15) is 4.79 Å². The first-order chi connectivity index (χ1) is 8.72. The normalized spacial score (nSPS) is 10.5. The number of aromatic nitrogens is 1. The van der Waals surface area contributed by atoms with Crippen LogP contribution in [0.15, 0.2) is 30.5 Å². The smallest absolute Gasteiger partial charge is 0.306 e. The summed E-state index contributed by atoms with van der Waals surface area (Å²) in [6.07, 6.45) is 2.48. The topological polar surface area (TPSA) is 65.9 Å². The Morgan fingerprint density at radius 1 is 1.33 bits per heavy atom. The van der Waals surface area contributed by atoms with E-state index in [-0.39, 0.29) is 12.4 Å². The predicted octanol–water partition coefficient (Wildman–Crippen LogP) is 2.88. The molecular formula is C14H16N2O2. The van der Waals surface area contributed by atoms with Crippen LogP contribution in [-0.4, -0.2) is 23.3 Å². The minimum atomic E-state index is -0.248. The Hall–Kier alpha value is -2.10. The van der Waals surface area contributed by atoms with Crippen molar-refractivity contribution in [3.05, 3.63) is 36.0 Å². The van der Waals surface area contributed by atoms with Crippen molar-refractivity contribution in [2.75, 3.05) is 6.61 Å². The Morgan fingerprint density at radius 3 is 2.89 bits per heavy atom. The second-order valence-electron chi connectivity index (χ2n) is 4.03. The van der Waals surface area contributed by atoms with E-state index in [0.717, 1.165) is 16.5 Å². The Labute approximate surface area is 105 Å². The fourth-order valence-corrected chi connectivity index (χ4v) is 1.92. The van der Waals surface area contributed by atoms with E-state index < -0.39 is 0 Å². The van der Waals surface area contributed by atoms with E-state index >= 15 is 0 Å². The lowest BCUT2D eigenvalue weighted by Crippen LogP contribution is -2.07. The van der Waals surface area contributed by atoms with Crippen LogP contribution in [0.25, 0.3) is 10.9 Å². The van der Waals surface area contributed by atoms with Crippen LogP contribution in [0, 0.1) is 5.41 Å². The third-order valence-electron chi connectivity index (χ3n) is 2.80. The highest BCUT2D eigenvalue weighted by Gasteiger charge is 2.10. The number of hydrogen-bond donors (Lipinski definition) is 2. The molecule has 0 saturated carbocycles. The third-order valence-corrected chi connectivity index (χ3v) is 2.80. The van der Waals surface area contributed by atoms with E-state index in [1.165, 1.54) is 0 Å². The lowest BCUT2D eigenvalue weighted by Gasteiger charge is -2.03. The van der Waals surface area contributed by atoms with Crippen molar-refractivity contribution in [3.63, 3.8) is 0 Å². The van der Waals surface area contributed by atoms with Crippen molar-refractivity contribution < 1.29 is 9.53 Å². The molecule has 4 heteroatoms. The molecule has 0 aliphatic carbocycles. The van der Waals surface area contributed by atoms with Gasteiger partial charge in [0.1, 0.15) is 0 Å². The summed E-state index contributed by atoms with van der Waals surface area (Å²) in [5.41, 5.74) is 2.32. The molecule has 2 N–H and O–H groups in total. The number of para-hydroxylation sites is 1. The average Bonchev–Trinajstić information content (AvgIpc) is 2.80. The lowest BCUT2D eigenvalue weighted by atomic mass is 10.1. The van der Waals surface area contributed by atoms with Crippen molar-refractivity contribution in [1.29, 1.82) is 5.41 Å². The Bertz CT molecular complexity index is 572. The van der Waals surface area contributed by atoms with Crippen LogP contribution in [0.4, 0.5) is 0 Å². The summed E-state index contributed by atoms with van der Waals surface area (Å²) in [6.45, 7) is 2.17. The first kappa shape index (κ1) is 12.4. The van der Waals surface area contributed by atoms with Crippen molar-refractivity contribution in [1.82, 2.24) is 4.98 Å². The van der Waals surface area contributed by atoms with Crippen LogP contribution in [0.5, 0.6) is 0 Å². The fourth-order valence-electron chi connectivity index (χ4n) is 1.92. The SMILES string of the molecule is CCOC(=O)CCC(=N)c1c[nH]c2ccccc12. The number of hydrogen-bond acceptors (Lipinski definition) is 3. The number of carbonyl (C=O) groups excluding carboxylic acids is 1. The molecule has 1 aromatic heterocycles. The van der Waals surface area contributed by atoms with Gasteiger partial charge in [-0.3, -0.25) is 4.79 Å². The molecule has 94 valence electrons. The van der Waals surface area contributed by atoms with Crippen LogP contribution >= 0.6 is 0 Å². The number of carbonyl (C=O) groups is 1. The van der Waals surface area contributed by atoms with Gasteiger partial charge in [0, 0.05) is 34.8 Å².